The molecule has 0 bridgehead atoms. The predicted molar refractivity (Wildman–Crippen MR) is 99.3 cm³/mol. The van der Waals surface area contributed by atoms with Crippen LogP contribution in [-0.2, 0) is 4.79 Å². The minimum absolute atomic E-state index is 0.254. The van der Waals surface area contributed by atoms with E-state index in [1.165, 1.54) is 0 Å². The number of halogens is 1. The maximum atomic E-state index is 11.2. The second kappa shape index (κ2) is 8.58. The number of rotatable bonds is 7. The van der Waals surface area contributed by atoms with Crippen LogP contribution in [-0.4, -0.2) is 25.3 Å². The number of carboxylic acid groups (broad SMARTS) is 1. The van der Waals surface area contributed by atoms with E-state index in [0.29, 0.717) is 5.03 Å². The maximum absolute atomic E-state index is 11.2. The molecule has 2 aromatic carbocycles. The Hall–Kier alpha value is -2.46. The molecule has 4 nitrogen and oxygen atoms in total. The highest BCUT2D eigenvalue weighted by Crippen LogP contribution is 2.34. The largest absolute Gasteiger partial charge is 0.497 e. The number of carbonyl (C=O) groups is 1. The van der Waals surface area contributed by atoms with Crippen molar-refractivity contribution in [3.63, 3.8) is 0 Å². The van der Waals surface area contributed by atoms with E-state index in [1.807, 2.05) is 48.5 Å². The molecular formula is C20H21ClO4. The molecule has 0 aliphatic carbocycles. The highest BCUT2D eigenvalue weighted by molar-refractivity contribution is 6.33. The highest BCUT2D eigenvalue weighted by atomic mass is 35.5. The van der Waals surface area contributed by atoms with Gasteiger partial charge in [-0.1, -0.05) is 42.8 Å². The zero-order chi connectivity index (χ0) is 18.4. The Balaban J connectivity index is 2.50. The molecule has 0 radical (unpaired) electrons. The van der Waals surface area contributed by atoms with E-state index in [9.17, 15) is 9.90 Å². The van der Waals surface area contributed by atoms with Crippen LogP contribution >= 0.6 is 11.6 Å². The Morgan fingerprint density at radius 3 is 1.68 bits per heavy atom. The molecule has 25 heavy (non-hydrogen) atoms. The minimum atomic E-state index is -0.873. The topological polar surface area (TPSA) is 55.8 Å². The van der Waals surface area contributed by atoms with E-state index in [4.69, 9.17) is 21.1 Å². The fourth-order valence-corrected chi connectivity index (χ4v) is 2.90. The zero-order valence-corrected chi connectivity index (χ0v) is 15.2. The van der Waals surface area contributed by atoms with Gasteiger partial charge >= 0.3 is 5.97 Å². The molecule has 0 amide bonds. The number of ether oxygens (including phenoxy) is 2. The molecule has 0 aromatic heterocycles. The van der Waals surface area contributed by atoms with Crippen LogP contribution in [0.4, 0.5) is 0 Å². The van der Waals surface area contributed by atoms with E-state index < -0.39 is 11.9 Å². The molecule has 2 aromatic rings. The van der Waals surface area contributed by atoms with E-state index in [1.54, 1.807) is 21.1 Å². The second-order valence-corrected chi connectivity index (χ2v) is 6.14. The molecule has 0 saturated carbocycles. The van der Waals surface area contributed by atoms with Crippen LogP contribution in [0, 0.1) is 5.92 Å². The van der Waals surface area contributed by atoms with Crippen LogP contribution in [0.2, 0.25) is 0 Å². The molecule has 5 heteroatoms. The van der Waals surface area contributed by atoms with Crippen LogP contribution in [0.1, 0.15) is 24.5 Å². The van der Waals surface area contributed by atoms with Crippen molar-refractivity contribution in [1.82, 2.24) is 0 Å². The van der Waals surface area contributed by atoms with Gasteiger partial charge in [-0.3, -0.25) is 4.79 Å². The summed E-state index contributed by atoms with van der Waals surface area (Å²) in [4.78, 5) is 11.2. The third-order valence-corrected chi connectivity index (χ3v) is 4.28. The van der Waals surface area contributed by atoms with Crippen molar-refractivity contribution in [3.05, 3.63) is 64.7 Å². The Bertz CT molecular complexity index is 699. The van der Waals surface area contributed by atoms with Gasteiger partial charge in [-0.05, 0) is 41.8 Å². The van der Waals surface area contributed by atoms with Crippen LogP contribution in [0.3, 0.4) is 0 Å². The van der Waals surface area contributed by atoms with Crippen molar-refractivity contribution in [2.45, 2.75) is 13.3 Å². The lowest BCUT2D eigenvalue weighted by Gasteiger charge is -2.15. The van der Waals surface area contributed by atoms with Crippen LogP contribution < -0.4 is 9.47 Å². The second-order valence-electron chi connectivity index (χ2n) is 5.68. The van der Waals surface area contributed by atoms with Gasteiger partial charge in [0.2, 0.25) is 0 Å². The average Bonchev–Trinajstić information content (AvgIpc) is 2.63. The lowest BCUT2D eigenvalue weighted by molar-refractivity contribution is -0.141. The summed E-state index contributed by atoms with van der Waals surface area (Å²) >= 11 is 6.56. The zero-order valence-electron chi connectivity index (χ0n) is 14.5. The third kappa shape index (κ3) is 4.77. The average molecular weight is 361 g/mol. The van der Waals surface area contributed by atoms with Gasteiger partial charge in [0.25, 0.3) is 0 Å². The SMILES string of the molecule is COc1ccc(C(=C(Cl)CC(C)C(=O)O)c2ccc(OC)cc2)cc1. The summed E-state index contributed by atoms with van der Waals surface area (Å²) in [5.41, 5.74) is 2.60. The van der Waals surface area contributed by atoms with Gasteiger partial charge in [0.1, 0.15) is 11.5 Å². The number of methoxy groups -OCH3 is 2. The van der Waals surface area contributed by atoms with Crippen LogP contribution in [0.5, 0.6) is 11.5 Å². The smallest absolute Gasteiger partial charge is 0.306 e. The number of carboxylic acids is 1. The standard InChI is InChI=1S/C20H21ClO4/c1-13(20(22)23)12-18(21)19(14-4-8-16(24-2)9-5-14)15-6-10-17(25-3)11-7-15/h4-11,13H,12H2,1-3H3,(H,22,23). The number of aliphatic carboxylic acids is 1. The van der Waals surface area contributed by atoms with E-state index in [0.717, 1.165) is 28.2 Å². The molecule has 0 fully saturated rings. The van der Waals surface area contributed by atoms with E-state index in [2.05, 4.69) is 0 Å². The summed E-state index contributed by atoms with van der Waals surface area (Å²) in [5.74, 6) is 0.0432. The summed E-state index contributed by atoms with van der Waals surface area (Å²) < 4.78 is 10.4. The minimum Gasteiger partial charge on any atom is -0.497 e. The van der Waals surface area contributed by atoms with Crippen molar-refractivity contribution in [1.29, 1.82) is 0 Å². The van der Waals surface area contributed by atoms with E-state index in [-0.39, 0.29) is 6.42 Å². The molecule has 0 spiro atoms. The Kier molecular flexibility index (Phi) is 6.48. The normalized spacial score (nSPS) is 11.5. The lowest BCUT2D eigenvalue weighted by atomic mass is 9.94. The van der Waals surface area contributed by atoms with Gasteiger partial charge in [-0.15, -0.1) is 0 Å². The molecule has 2 rings (SSSR count). The van der Waals surface area contributed by atoms with Gasteiger partial charge in [0.05, 0.1) is 20.1 Å². The molecule has 0 aliphatic heterocycles. The monoisotopic (exact) mass is 360 g/mol. The predicted octanol–water partition coefficient (Wildman–Crippen LogP) is 4.81. The van der Waals surface area contributed by atoms with Gasteiger partial charge in [0, 0.05) is 10.6 Å². The molecular weight excluding hydrogens is 340 g/mol. The number of hydrogen-bond donors (Lipinski definition) is 1. The van der Waals surface area contributed by atoms with Crippen molar-refractivity contribution in [2.75, 3.05) is 14.2 Å². The fraction of sp³-hybridized carbons (Fsp3) is 0.250. The van der Waals surface area contributed by atoms with Gasteiger partial charge in [0.15, 0.2) is 0 Å². The summed E-state index contributed by atoms with van der Waals surface area (Å²) in [7, 11) is 3.22. The first kappa shape index (κ1) is 18.9. The first-order chi connectivity index (χ1) is 12.0. The number of benzene rings is 2. The molecule has 1 unspecified atom stereocenters. The quantitative estimate of drug-likeness (QED) is 0.769. The van der Waals surface area contributed by atoms with Crippen LogP contribution in [0.25, 0.3) is 5.57 Å². The highest BCUT2D eigenvalue weighted by Gasteiger charge is 2.17. The van der Waals surface area contributed by atoms with Crippen molar-refractivity contribution in [3.8, 4) is 11.5 Å². The van der Waals surface area contributed by atoms with Crippen molar-refractivity contribution < 1.29 is 19.4 Å². The Morgan fingerprint density at radius 2 is 1.36 bits per heavy atom. The summed E-state index contributed by atoms with van der Waals surface area (Å²) in [5, 5.41) is 9.68. The lowest BCUT2D eigenvalue weighted by Crippen LogP contribution is -2.09. The van der Waals surface area contributed by atoms with Gasteiger partial charge < -0.3 is 14.6 Å². The fourth-order valence-electron chi connectivity index (χ4n) is 2.45. The van der Waals surface area contributed by atoms with Crippen molar-refractivity contribution >= 4 is 23.1 Å². The number of hydrogen-bond acceptors (Lipinski definition) is 3. The molecule has 132 valence electrons. The molecule has 0 saturated heterocycles. The molecule has 1 atom stereocenters. The van der Waals surface area contributed by atoms with Crippen LogP contribution in [0.15, 0.2) is 53.6 Å². The van der Waals surface area contributed by atoms with Crippen molar-refractivity contribution in [2.24, 2.45) is 5.92 Å². The first-order valence-electron chi connectivity index (χ1n) is 7.86. The first-order valence-corrected chi connectivity index (χ1v) is 8.24. The molecule has 1 N–H and O–H groups in total. The summed E-state index contributed by atoms with van der Waals surface area (Å²) in [6.45, 7) is 1.64. The Morgan fingerprint density at radius 1 is 0.960 bits per heavy atom. The number of allylic oxidation sites excluding steroid dienone is 1. The maximum Gasteiger partial charge on any atom is 0.306 e. The van der Waals surface area contributed by atoms with E-state index >= 15 is 0 Å². The van der Waals surface area contributed by atoms with Gasteiger partial charge in [-0.25, -0.2) is 0 Å². The summed E-state index contributed by atoms with van der Waals surface area (Å²) in [6.07, 6.45) is 0.254. The molecule has 0 heterocycles. The molecule has 0 aliphatic rings. The third-order valence-electron chi connectivity index (χ3n) is 3.94. The van der Waals surface area contributed by atoms with Gasteiger partial charge in [-0.2, -0.15) is 0 Å². The summed E-state index contributed by atoms with van der Waals surface area (Å²) in [6, 6.07) is 15.0. The Labute approximate surface area is 152 Å².